The fraction of sp³-hybridized carbons (Fsp3) is 0.238. The first-order valence-corrected chi connectivity index (χ1v) is 9.60. The maximum atomic E-state index is 13.3. The number of imide groups is 1. The van der Waals surface area contributed by atoms with Crippen LogP contribution in [0.25, 0.3) is 5.69 Å². The van der Waals surface area contributed by atoms with Crippen LogP contribution in [0.3, 0.4) is 0 Å². The van der Waals surface area contributed by atoms with Gasteiger partial charge in [-0.1, -0.05) is 30.3 Å². The van der Waals surface area contributed by atoms with Crippen molar-refractivity contribution in [3.8, 4) is 5.69 Å². The molecule has 10 nitrogen and oxygen atoms in total. The SMILES string of the molecule is Cc1cccc(C)c1-n1nnnc1CN1C(=O)NC(C)(c2cccc(C(N)=O)c2)C1=O. The van der Waals surface area contributed by atoms with Crippen molar-refractivity contribution in [2.24, 2.45) is 5.73 Å². The Kier molecular flexibility index (Phi) is 4.77. The number of rotatable bonds is 5. The van der Waals surface area contributed by atoms with Gasteiger partial charge in [0.25, 0.3) is 5.91 Å². The van der Waals surface area contributed by atoms with Gasteiger partial charge in [-0.2, -0.15) is 4.68 Å². The quantitative estimate of drug-likeness (QED) is 0.599. The molecule has 1 fully saturated rings. The van der Waals surface area contributed by atoms with Crippen molar-refractivity contribution < 1.29 is 14.4 Å². The van der Waals surface area contributed by atoms with Gasteiger partial charge in [0.05, 0.1) is 12.2 Å². The number of amides is 4. The molecule has 0 saturated carbocycles. The third-order valence-electron chi connectivity index (χ3n) is 5.48. The van der Waals surface area contributed by atoms with Crippen molar-refractivity contribution in [2.75, 3.05) is 0 Å². The Labute approximate surface area is 178 Å². The smallest absolute Gasteiger partial charge is 0.325 e. The molecule has 1 aromatic heterocycles. The minimum absolute atomic E-state index is 0.115. The summed E-state index contributed by atoms with van der Waals surface area (Å²) in [5.74, 6) is -0.752. The topological polar surface area (TPSA) is 136 Å². The molecule has 2 heterocycles. The molecule has 0 radical (unpaired) electrons. The predicted octanol–water partition coefficient (Wildman–Crippen LogP) is 1.35. The molecule has 1 aliphatic heterocycles. The van der Waals surface area contributed by atoms with Gasteiger partial charge in [0.1, 0.15) is 5.54 Å². The van der Waals surface area contributed by atoms with Gasteiger partial charge in [-0.3, -0.25) is 14.5 Å². The van der Waals surface area contributed by atoms with Gasteiger partial charge in [-0.15, -0.1) is 5.10 Å². The number of aryl methyl sites for hydroxylation is 2. The number of para-hydroxylation sites is 1. The lowest BCUT2D eigenvalue weighted by Crippen LogP contribution is -2.41. The van der Waals surface area contributed by atoms with Crippen molar-refractivity contribution in [2.45, 2.75) is 32.9 Å². The van der Waals surface area contributed by atoms with E-state index < -0.39 is 23.4 Å². The van der Waals surface area contributed by atoms with E-state index >= 15 is 0 Å². The molecule has 4 amide bonds. The molecule has 1 aliphatic rings. The molecule has 3 aromatic rings. The van der Waals surface area contributed by atoms with Crippen LogP contribution in [0.15, 0.2) is 42.5 Å². The second-order valence-electron chi connectivity index (χ2n) is 7.64. The highest BCUT2D eigenvalue weighted by Gasteiger charge is 2.49. The lowest BCUT2D eigenvalue weighted by atomic mass is 9.90. The fourth-order valence-corrected chi connectivity index (χ4v) is 3.78. The van der Waals surface area contributed by atoms with Crippen LogP contribution in [-0.4, -0.2) is 43.0 Å². The molecule has 4 rings (SSSR count). The number of primary amides is 1. The van der Waals surface area contributed by atoms with E-state index in [0.717, 1.165) is 21.7 Å². The van der Waals surface area contributed by atoms with Gasteiger partial charge in [-0.25, -0.2) is 4.79 Å². The van der Waals surface area contributed by atoms with Crippen LogP contribution in [-0.2, 0) is 16.9 Å². The number of nitrogens with two attached hydrogens (primary N) is 1. The first-order chi connectivity index (χ1) is 14.7. The van der Waals surface area contributed by atoms with Crippen molar-refractivity contribution >= 4 is 17.8 Å². The van der Waals surface area contributed by atoms with Gasteiger partial charge in [0.2, 0.25) is 5.91 Å². The molecule has 1 saturated heterocycles. The van der Waals surface area contributed by atoms with E-state index in [1.54, 1.807) is 25.1 Å². The summed E-state index contributed by atoms with van der Waals surface area (Å²) in [6.45, 7) is 5.34. The van der Waals surface area contributed by atoms with Gasteiger partial charge in [0.15, 0.2) is 5.82 Å². The van der Waals surface area contributed by atoms with Gasteiger partial charge >= 0.3 is 6.03 Å². The monoisotopic (exact) mass is 419 g/mol. The number of tetrazole rings is 1. The molecule has 1 atom stereocenters. The lowest BCUT2D eigenvalue weighted by molar-refractivity contribution is -0.131. The zero-order valence-corrected chi connectivity index (χ0v) is 17.3. The summed E-state index contributed by atoms with van der Waals surface area (Å²) >= 11 is 0. The first kappa shape index (κ1) is 20.2. The fourth-order valence-electron chi connectivity index (χ4n) is 3.78. The molecule has 0 spiro atoms. The molecule has 0 bridgehead atoms. The van der Waals surface area contributed by atoms with E-state index in [-0.39, 0.29) is 12.1 Å². The number of benzene rings is 2. The third-order valence-corrected chi connectivity index (χ3v) is 5.48. The summed E-state index contributed by atoms with van der Waals surface area (Å²) in [6.07, 6.45) is 0. The summed E-state index contributed by atoms with van der Waals surface area (Å²) in [7, 11) is 0. The third kappa shape index (κ3) is 3.31. The molecule has 31 heavy (non-hydrogen) atoms. The minimum Gasteiger partial charge on any atom is -0.366 e. The van der Waals surface area contributed by atoms with Crippen LogP contribution in [0.1, 0.15) is 39.8 Å². The number of hydrogen-bond donors (Lipinski definition) is 2. The van der Waals surface area contributed by atoms with Gasteiger partial charge < -0.3 is 11.1 Å². The number of hydrogen-bond acceptors (Lipinski definition) is 6. The van der Waals surface area contributed by atoms with Crippen LogP contribution in [0, 0.1) is 13.8 Å². The Morgan fingerprint density at radius 1 is 1.13 bits per heavy atom. The predicted molar refractivity (Wildman–Crippen MR) is 110 cm³/mol. The molecule has 0 aliphatic carbocycles. The van der Waals surface area contributed by atoms with E-state index in [2.05, 4.69) is 20.8 Å². The zero-order chi connectivity index (χ0) is 22.3. The largest absolute Gasteiger partial charge is 0.366 e. The summed E-state index contributed by atoms with van der Waals surface area (Å²) in [6, 6.07) is 11.6. The second kappa shape index (κ2) is 7.31. The highest BCUT2D eigenvalue weighted by atomic mass is 16.2. The first-order valence-electron chi connectivity index (χ1n) is 9.60. The average molecular weight is 419 g/mol. The van der Waals surface area contributed by atoms with E-state index in [1.807, 2.05) is 32.0 Å². The molecule has 2 aromatic carbocycles. The summed E-state index contributed by atoms with van der Waals surface area (Å²) in [5, 5.41) is 14.5. The lowest BCUT2D eigenvalue weighted by Gasteiger charge is -2.22. The molecule has 10 heteroatoms. The molecular weight excluding hydrogens is 398 g/mol. The number of carbonyl (C=O) groups excluding carboxylic acids is 3. The maximum Gasteiger partial charge on any atom is 0.325 e. The summed E-state index contributed by atoms with van der Waals surface area (Å²) in [5.41, 5.74) is 7.42. The van der Waals surface area contributed by atoms with Crippen molar-refractivity contribution in [3.05, 3.63) is 70.5 Å². The number of nitrogens with one attached hydrogen (secondary N) is 1. The Hall–Kier alpha value is -4.08. The van der Waals surface area contributed by atoms with Crippen LogP contribution in [0.4, 0.5) is 4.79 Å². The number of aromatic nitrogens is 4. The van der Waals surface area contributed by atoms with E-state index in [4.69, 9.17) is 5.73 Å². The van der Waals surface area contributed by atoms with Crippen LogP contribution in [0.5, 0.6) is 0 Å². The Balaban J connectivity index is 1.67. The Bertz CT molecular complexity index is 1200. The number of nitrogens with zero attached hydrogens (tertiary/aromatic N) is 5. The standard InChI is InChI=1S/C21H21N7O3/c1-12-6-4-7-13(2)17(12)28-16(24-25-26-28)11-27-19(30)21(3,23-20(27)31)15-9-5-8-14(10-15)18(22)29/h4-10H,11H2,1-3H3,(H2,22,29)(H,23,31). The number of urea groups is 1. The van der Waals surface area contributed by atoms with Crippen molar-refractivity contribution in [1.29, 1.82) is 0 Å². The summed E-state index contributed by atoms with van der Waals surface area (Å²) < 4.78 is 1.54. The van der Waals surface area contributed by atoms with Crippen LogP contribution < -0.4 is 11.1 Å². The molecular formula is C21H21N7O3. The van der Waals surface area contributed by atoms with Crippen molar-refractivity contribution in [1.82, 2.24) is 30.4 Å². The molecule has 1 unspecified atom stereocenters. The Morgan fingerprint density at radius 2 is 1.81 bits per heavy atom. The minimum atomic E-state index is -1.35. The van der Waals surface area contributed by atoms with Gasteiger partial charge in [-0.05, 0) is 60.0 Å². The molecule has 3 N–H and O–H groups in total. The van der Waals surface area contributed by atoms with Gasteiger partial charge in [0, 0.05) is 5.56 Å². The normalized spacial score (nSPS) is 18.4. The highest BCUT2D eigenvalue weighted by Crippen LogP contribution is 2.30. The highest BCUT2D eigenvalue weighted by molar-refractivity contribution is 6.07. The summed E-state index contributed by atoms with van der Waals surface area (Å²) in [4.78, 5) is 38.6. The van der Waals surface area contributed by atoms with E-state index in [1.165, 1.54) is 10.7 Å². The van der Waals surface area contributed by atoms with Crippen LogP contribution in [0.2, 0.25) is 0 Å². The average Bonchev–Trinajstić information content (AvgIpc) is 3.27. The molecule has 158 valence electrons. The maximum absolute atomic E-state index is 13.3. The zero-order valence-electron chi connectivity index (χ0n) is 17.3. The Morgan fingerprint density at radius 3 is 2.48 bits per heavy atom. The van der Waals surface area contributed by atoms with Crippen LogP contribution >= 0.6 is 0 Å². The van der Waals surface area contributed by atoms with E-state index in [0.29, 0.717) is 11.4 Å². The van der Waals surface area contributed by atoms with Crippen molar-refractivity contribution in [3.63, 3.8) is 0 Å². The number of carbonyl (C=O) groups is 3. The second-order valence-corrected chi connectivity index (χ2v) is 7.64. The van der Waals surface area contributed by atoms with E-state index in [9.17, 15) is 14.4 Å².